The van der Waals surface area contributed by atoms with Crippen molar-refractivity contribution in [2.75, 3.05) is 15.5 Å². The third-order valence-corrected chi connectivity index (χ3v) is 6.68. The molecule has 0 aliphatic carbocycles. The number of aryl methyl sites for hydroxylation is 1. The van der Waals surface area contributed by atoms with Crippen LogP contribution in [0.4, 0.5) is 16.5 Å². The summed E-state index contributed by atoms with van der Waals surface area (Å²) in [5.41, 5.74) is 3.70. The Hall–Kier alpha value is -4.27. The molecule has 4 aromatic rings. The van der Waals surface area contributed by atoms with Crippen molar-refractivity contribution in [1.82, 2.24) is 4.98 Å². The molecule has 1 aliphatic rings. The summed E-state index contributed by atoms with van der Waals surface area (Å²) in [7, 11) is 0. The number of nitrogens with one attached hydrogen (secondary N) is 2. The van der Waals surface area contributed by atoms with Gasteiger partial charge >= 0.3 is 0 Å². The first kappa shape index (κ1) is 23.5. The Morgan fingerprint density at radius 2 is 1.69 bits per heavy atom. The smallest absolute Gasteiger partial charge is 0.283 e. The van der Waals surface area contributed by atoms with Crippen LogP contribution in [0, 0.1) is 6.92 Å². The molecule has 1 aromatic heterocycles. The number of amides is 3. The fourth-order valence-electron chi connectivity index (χ4n) is 3.77. The van der Waals surface area contributed by atoms with E-state index in [4.69, 9.17) is 11.6 Å². The number of carbonyl (C=O) groups excluding carboxylic acids is 3. The number of nitrogens with zero attached hydrogens (tertiary/aromatic N) is 2. The van der Waals surface area contributed by atoms with Crippen molar-refractivity contribution in [3.63, 3.8) is 0 Å². The number of benzene rings is 3. The Labute approximate surface area is 216 Å². The lowest BCUT2D eigenvalue weighted by atomic mass is 10.1. The minimum absolute atomic E-state index is 0.0464. The van der Waals surface area contributed by atoms with E-state index in [1.54, 1.807) is 36.4 Å². The average molecular weight is 515 g/mol. The van der Waals surface area contributed by atoms with E-state index in [-0.39, 0.29) is 16.6 Å². The Balaban J connectivity index is 1.32. The number of hydrogen-bond donors (Lipinski definition) is 2. The number of hydrogen-bond acceptors (Lipinski definition) is 6. The molecule has 36 heavy (non-hydrogen) atoms. The first-order valence-corrected chi connectivity index (χ1v) is 12.2. The number of aromatic nitrogens is 1. The van der Waals surface area contributed by atoms with Crippen molar-refractivity contribution >= 4 is 57.2 Å². The maximum atomic E-state index is 13.1. The summed E-state index contributed by atoms with van der Waals surface area (Å²) in [6, 6.07) is 23.3. The number of anilines is 3. The second-order valence-corrected chi connectivity index (χ2v) is 9.22. The topological polar surface area (TPSA) is 91.4 Å². The standard InChI is InChI=1S/C27H19ClN4O3S/c1-16-8-5-6-13-21(16)32-25(34)22(28)23(26(32)35)29-19-12-7-11-18(14-19)24(33)31-27-30-20(15-36-27)17-9-3-2-4-10-17/h2-15,29H,1H3,(H,30,31,33). The summed E-state index contributed by atoms with van der Waals surface area (Å²) in [6.45, 7) is 1.81. The van der Waals surface area contributed by atoms with Gasteiger partial charge in [-0.05, 0) is 36.8 Å². The molecule has 0 atom stereocenters. The van der Waals surface area contributed by atoms with Crippen LogP contribution in [0.3, 0.4) is 0 Å². The zero-order chi connectivity index (χ0) is 25.2. The van der Waals surface area contributed by atoms with Gasteiger partial charge in [0.25, 0.3) is 17.7 Å². The molecule has 7 nitrogen and oxygen atoms in total. The second kappa shape index (κ2) is 9.77. The van der Waals surface area contributed by atoms with Crippen molar-refractivity contribution in [3.8, 4) is 11.3 Å². The van der Waals surface area contributed by atoms with E-state index < -0.39 is 11.8 Å². The van der Waals surface area contributed by atoms with E-state index in [1.807, 2.05) is 54.8 Å². The van der Waals surface area contributed by atoms with E-state index in [2.05, 4.69) is 15.6 Å². The van der Waals surface area contributed by atoms with Gasteiger partial charge < -0.3 is 5.32 Å². The number of halogens is 1. The van der Waals surface area contributed by atoms with Crippen molar-refractivity contribution in [2.24, 2.45) is 0 Å². The molecule has 178 valence electrons. The number of para-hydroxylation sites is 1. The summed E-state index contributed by atoms with van der Waals surface area (Å²) in [5.74, 6) is -1.53. The number of rotatable bonds is 6. The second-order valence-electron chi connectivity index (χ2n) is 7.99. The molecule has 0 radical (unpaired) electrons. The van der Waals surface area contributed by atoms with Crippen LogP contribution in [0.15, 0.2) is 95.0 Å². The van der Waals surface area contributed by atoms with Crippen LogP contribution >= 0.6 is 22.9 Å². The fourth-order valence-corrected chi connectivity index (χ4v) is 4.70. The first-order valence-electron chi connectivity index (χ1n) is 11.0. The van der Waals surface area contributed by atoms with Crippen LogP contribution in [0.25, 0.3) is 11.3 Å². The third-order valence-electron chi connectivity index (χ3n) is 5.57. The summed E-state index contributed by atoms with van der Waals surface area (Å²) in [4.78, 5) is 44.2. The van der Waals surface area contributed by atoms with Gasteiger partial charge in [-0.1, -0.05) is 66.2 Å². The van der Waals surface area contributed by atoms with E-state index in [1.165, 1.54) is 11.3 Å². The first-order chi connectivity index (χ1) is 17.4. The molecule has 0 fully saturated rings. The van der Waals surface area contributed by atoms with Crippen molar-refractivity contribution in [3.05, 3.63) is 106 Å². The van der Waals surface area contributed by atoms with Gasteiger partial charge in [0.2, 0.25) is 0 Å². The highest BCUT2D eigenvalue weighted by Crippen LogP contribution is 2.32. The average Bonchev–Trinajstić information content (AvgIpc) is 3.44. The predicted octanol–water partition coefficient (Wildman–Crippen LogP) is 5.81. The van der Waals surface area contributed by atoms with E-state index >= 15 is 0 Å². The molecule has 1 aliphatic heterocycles. The predicted molar refractivity (Wildman–Crippen MR) is 142 cm³/mol. The molecule has 3 aromatic carbocycles. The molecule has 9 heteroatoms. The fraction of sp³-hybridized carbons (Fsp3) is 0.0370. The molecule has 3 amide bonds. The van der Waals surface area contributed by atoms with Gasteiger partial charge in [-0.2, -0.15) is 0 Å². The molecule has 0 bridgehead atoms. The molecule has 5 rings (SSSR count). The minimum atomic E-state index is -0.606. The number of thiazole rings is 1. The largest absolute Gasteiger partial charge is 0.350 e. The summed E-state index contributed by atoms with van der Waals surface area (Å²) >= 11 is 7.58. The zero-order valence-corrected chi connectivity index (χ0v) is 20.6. The molecule has 0 saturated carbocycles. The number of carbonyl (C=O) groups is 3. The van der Waals surface area contributed by atoms with Gasteiger partial charge in [-0.3, -0.25) is 19.7 Å². The van der Waals surface area contributed by atoms with Crippen LogP contribution in [0.5, 0.6) is 0 Å². The molecule has 0 unspecified atom stereocenters. The zero-order valence-electron chi connectivity index (χ0n) is 19.0. The summed E-state index contributed by atoms with van der Waals surface area (Å²) in [6.07, 6.45) is 0. The molecule has 0 spiro atoms. The van der Waals surface area contributed by atoms with Gasteiger partial charge in [-0.25, -0.2) is 9.88 Å². The summed E-state index contributed by atoms with van der Waals surface area (Å²) in [5, 5.41) is 7.85. The number of imide groups is 1. The quantitative estimate of drug-likeness (QED) is 0.317. The van der Waals surface area contributed by atoms with Crippen LogP contribution in [0.2, 0.25) is 0 Å². The molecule has 2 N–H and O–H groups in total. The Bertz CT molecular complexity index is 1530. The van der Waals surface area contributed by atoms with Crippen LogP contribution in [-0.4, -0.2) is 22.7 Å². The molecule has 0 saturated heterocycles. The maximum absolute atomic E-state index is 13.1. The Morgan fingerprint density at radius 3 is 2.47 bits per heavy atom. The third kappa shape index (κ3) is 4.51. The van der Waals surface area contributed by atoms with Crippen molar-refractivity contribution in [1.29, 1.82) is 0 Å². The lowest BCUT2D eigenvalue weighted by Gasteiger charge is -2.17. The highest BCUT2D eigenvalue weighted by atomic mass is 35.5. The minimum Gasteiger partial charge on any atom is -0.350 e. The lowest BCUT2D eigenvalue weighted by Crippen LogP contribution is -2.32. The van der Waals surface area contributed by atoms with Gasteiger partial charge in [0.05, 0.1) is 11.4 Å². The van der Waals surface area contributed by atoms with Crippen molar-refractivity contribution in [2.45, 2.75) is 6.92 Å². The summed E-state index contributed by atoms with van der Waals surface area (Å²) < 4.78 is 0. The molecular formula is C27H19ClN4O3S. The lowest BCUT2D eigenvalue weighted by molar-refractivity contribution is -0.120. The highest BCUT2D eigenvalue weighted by molar-refractivity contribution is 7.14. The van der Waals surface area contributed by atoms with Crippen LogP contribution < -0.4 is 15.5 Å². The van der Waals surface area contributed by atoms with Gasteiger partial charge in [0.15, 0.2) is 5.13 Å². The Morgan fingerprint density at radius 1 is 0.944 bits per heavy atom. The monoisotopic (exact) mass is 514 g/mol. The van der Waals surface area contributed by atoms with Gasteiger partial charge in [-0.15, -0.1) is 11.3 Å². The molecule has 2 heterocycles. The highest BCUT2D eigenvalue weighted by Gasteiger charge is 2.39. The van der Waals surface area contributed by atoms with E-state index in [9.17, 15) is 14.4 Å². The van der Waals surface area contributed by atoms with Gasteiger partial charge in [0, 0.05) is 22.2 Å². The normalized spacial score (nSPS) is 13.3. The SMILES string of the molecule is Cc1ccccc1N1C(=O)C(Cl)=C(Nc2cccc(C(=O)Nc3nc(-c4ccccc4)cs3)c2)C1=O. The van der Waals surface area contributed by atoms with E-state index in [0.717, 1.165) is 21.7 Å². The maximum Gasteiger partial charge on any atom is 0.283 e. The molecular weight excluding hydrogens is 496 g/mol. The van der Waals surface area contributed by atoms with Crippen LogP contribution in [-0.2, 0) is 9.59 Å². The van der Waals surface area contributed by atoms with Crippen molar-refractivity contribution < 1.29 is 14.4 Å². The Kier molecular flexibility index (Phi) is 6.37. The van der Waals surface area contributed by atoms with Gasteiger partial charge in [0.1, 0.15) is 10.7 Å². The van der Waals surface area contributed by atoms with E-state index in [0.29, 0.717) is 22.1 Å². The van der Waals surface area contributed by atoms with Crippen LogP contribution in [0.1, 0.15) is 15.9 Å².